The maximum Gasteiger partial charge on any atom is 0.586 e. The summed E-state index contributed by atoms with van der Waals surface area (Å²) in [5.41, 5.74) is 2.49. The van der Waals surface area contributed by atoms with Crippen molar-refractivity contribution >= 4 is 5.69 Å². The predicted molar refractivity (Wildman–Crippen MR) is 89.2 cm³/mol. The Kier molecular flexibility index (Phi) is 3.75. The summed E-state index contributed by atoms with van der Waals surface area (Å²) in [4.78, 5) is 0. The Morgan fingerprint density at radius 2 is 1.85 bits per heavy atom. The zero-order valence-electron chi connectivity index (χ0n) is 14.0. The smallest absolute Gasteiger partial charge is 0.418 e. The number of hydrogen-bond acceptors (Lipinski definition) is 6. The lowest BCUT2D eigenvalue weighted by Gasteiger charge is -2.11. The highest BCUT2D eigenvalue weighted by atomic mass is 19.3. The molecule has 0 fully saturated rings. The van der Waals surface area contributed by atoms with E-state index >= 15 is 0 Å². The van der Waals surface area contributed by atoms with Gasteiger partial charge < -0.3 is 19.2 Å². The van der Waals surface area contributed by atoms with Gasteiger partial charge in [0.1, 0.15) is 6.04 Å². The van der Waals surface area contributed by atoms with Gasteiger partial charge in [-0.05, 0) is 38.1 Å². The Morgan fingerprint density at radius 3 is 2.65 bits per heavy atom. The van der Waals surface area contributed by atoms with E-state index in [0.29, 0.717) is 17.5 Å². The highest BCUT2D eigenvalue weighted by Crippen LogP contribution is 2.42. The van der Waals surface area contributed by atoms with Gasteiger partial charge in [-0.1, -0.05) is 17.7 Å². The standard InChI is InChI=1S/C18H15F2N3O3/c1-10-4-3-5-12(8-10)17-23-22-16(24-17)11(2)21-13-6-7-14-15(9-13)26-18(19,20)25-14/h3-9,11,21H,1-2H3. The van der Waals surface area contributed by atoms with Gasteiger partial charge in [-0.15, -0.1) is 19.0 Å². The second-order valence-electron chi connectivity index (χ2n) is 6.01. The molecule has 3 aromatic rings. The van der Waals surface area contributed by atoms with Crippen LogP contribution in [0, 0.1) is 6.92 Å². The van der Waals surface area contributed by atoms with Crippen molar-refractivity contribution in [3.63, 3.8) is 0 Å². The topological polar surface area (TPSA) is 69.4 Å². The van der Waals surface area contributed by atoms with Gasteiger partial charge in [-0.3, -0.25) is 0 Å². The summed E-state index contributed by atoms with van der Waals surface area (Å²) in [5.74, 6) is 0.762. The van der Waals surface area contributed by atoms with Gasteiger partial charge >= 0.3 is 6.29 Å². The van der Waals surface area contributed by atoms with Crippen molar-refractivity contribution in [2.24, 2.45) is 0 Å². The molecule has 0 spiro atoms. The molecule has 6 nitrogen and oxygen atoms in total. The van der Waals surface area contributed by atoms with Gasteiger partial charge in [-0.2, -0.15) is 0 Å². The van der Waals surface area contributed by atoms with E-state index in [1.54, 1.807) is 6.07 Å². The van der Waals surface area contributed by atoms with Crippen LogP contribution < -0.4 is 14.8 Å². The number of fused-ring (bicyclic) bond motifs is 1. The molecule has 1 N–H and O–H groups in total. The largest absolute Gasteiger partial charge is 0.586 e. The van der Waals surface area contributed by atoms with E-state index in [1.807, 2.05) is 38.1 Å². The average Bonchev–Trinajstić information content (AvgIpc) is 3.17. The van der Waals surface area contributed by atoms with Crippen molar-refractivity contribution in [3.8, 4) is 23.0 Å². The van der Waals surface area contributed by atoms with Crippen molar-refractivity contribution in [2.45, 2.75) is 26.2 Å². The highest BCUT2D eigenvalue weighted by Gasteiger charge is 2.43. The Hall–Kier alpha value is -3.16. The molecule has 2 aromatic carbocycles. The van der Waals surface area contributed by atoms with E-state index in [4.69, 9.17) is 4.42 Å². The Bertz CT molecular complexity index is 958. The second kappa shape index (κ2) is 5.98. The summed E-state index contributed by atoms with van der Waals surface area (Å²) in [5, 5.41) is 11.2. The second-order valence-corrected chi connectivity index (χ2v) is 6.01. The number of benzene rings is 2. The molecule has 1 unspecified atom stereocenters. The quantitative estimate of drug-likeness (QED) is 0.738. The van der Waals surface area contributed by atoms with E-state index < -0.39 is 6.29 Å². The maximum absolute atomic E-state index is 13.1. The number of aryl methyl sites for hydroxylation is 1. The highest BCUT2D eigenvalue weighted by molar-refractivity contribution is 5.57. The summed E-state index contributed by atoms with van der Waals surface area (Å²) in [6.07, 6.45) is -3.64. The summed E-state index contributed by atoms with van der Waals surface area (Å²) in [6.45, 7) is 3.81. The predicted octanol–water partition coefficient (Wildman–Crippen LogP) is 4.54. The van der Waals surface area contributed by atoms with Crippen LogP contribution in [0.2, 0.25) is 0 Å². The number of hydrogen-bond donors (Lipinski definition) is 1. The van der Waals surface area contributed by atoms with E-state index in [2.05, 4.69) is 25.0 Å². The number of alkyl halides is 2. The minimum Gasteiger partial charge on any atom is -0.418 e. The SMILES string of the molecule is Cc1cccc(-c2nnc(C(C)Nc3ccc4c(c3)OC(F)(F)O4)o2)c1. The number of nitrogens with one attached hydrogen (secondary N) is 1. The fraction of sp³-hybridized carbons (Fsp3) is 0.222. The van der Waals surface area contributed by atoms with Crippen LogP contribution in [0.1, 0.15) is 24.4 Å². The van der Waals surface area contributed by atoms with Crippen molar-refractivity contribution in [2.75, 3.05) is 5.32 Å². The number of aromatic nitrogens is 2. The monoisotopic (exact) mass is 359 g/mol. The van der Waals surface area contributed by atoms with Gasteiger partial charge in [0.05, 0.1) is 0 Å². The summed E-state index contributed by atoms with van der Waals surface area (Å²) in [6, 6.07) is 11.9. The third-order valence-electron chi connectivity index (χ3n) is 3.86. The third-order valence-corrected chi connectivity index (χ3v) is 3.86. The van der Waals surface area contributed by atoms with E-state index in [-0.39, 0.29) is 17.5 Å². The summed E-state index contributed by atoms with van der Waals surface area (Å²) < 4.78 is 40.7. The Morgan fingerprint density at radius 1 is 1.04 bits per heavy atom. The fourth-order valence-corrected chi connectivity index (χ4v) is 2.65. The molecule has 0 saturated heterocycles. The molecule has 1 aromatic heterocycles. The molecule has 8 heteroatoms. The molecule has 0 saturated carbocycles. The number of nitrogens with zero attached hydrogens (tertiary/aromatic N) is 2. The van der Waals surface area contributed by atoms with E-state index in [1.165, 1.54) is 12.1 Å². The van der Waals surface area contributed by atoms with Crippen LogP contribution in [0.15, 0.2) is 46.9 Å². The molecule has 2 heterocycles. The number of ether oxygens (including phenoxy) is 2. The molecular weight excluding hydrogens is 344 g/mol. The first-order valence-corrected chi connectivity index (χ1v) is 7.96. The van der Waals surface area contributed by atoms with Crippen LogP contribution in [-0.2, 0) is 0 Å². The first kappa shape index (κ1) is 16.3. The zero-order valence-corrected chi connectivity index (χ0v) is 14.0. The molecular formula is C18H15F2N3O3. The van der Waals surface area contributed by atoms with E-state index in [0.717, 1.165) is 11.1 Å². The maximum atomic E-state index is 13.1. The van der Waals surface area contributed by atoms with Crippen molar-refractivity contribution in [1.82, 2.24) is 10.2 Å². The molecule has 1 aliphatic rings. The number of halogens is 2. The Balaban J connectivity index is 1.50. The fourth-order valence-electron chi connectivity index (χ4n) is 2.65. The Labute approximate surface area is 147 Å². The molecule has 4 rings (SSSR count). The van der Waals surface area contributed by atoms with Gasteiger partial charge in [0.2, 0.25) is 11.8 Å². The minimum atomic E-state index is -3.64. The van der Waals surface area contributed by atoms with Crippen LogP contribution in [0.3, 0.4) is 0 Å². The first-order chi connectivity index (χ1) is 12.4. The van der Waals surface area contributed by atoms with Crippen molar-refractivity contribution in [1.29, 1.82) is 0 Å². The molecule has 1 atom stereocenters. The molecule has 26 heavy (non-hydrogen) atoms. The zero-order chi connectivity index (χ0) is 18.3. The van der Waals surface area contributed by atoms with Gasteiger partial charge in [0, 0.05) is 17.3 Å². The molecule has 0 bridgehead atoms. The third kappa shape index (κ3) is 3.17. The van der Waals surface area contributed by atoms with E-state index in [9.17, 15) is 8.78 Å². The normalized spacial score (nSPS) is 15.7. The van der Waals surface area contributed by atoms with Crippen LogP contribution in [-0.4, -0.2) is 16.5 Å². The minimum absolute atomic E-state index is 0.00673. The lowest BCUT2D eigenvalue weighted by atomic mass is 10.1. The number of rotatable bonds is 4. The summed E-state index contributed by atoms with van der Waals surface area (Å²) >= 11 is 0. The molecule has 0 amide bonds. The molecule has 1 aliphatic heterocycles. The lowest BCUT2D eigenvalue weighted by Crippen LogP contribution is -2.25. The van der Waals surface area contributed by atoms with Crippen molar-refractivity contribution in [3.05, 3.63) is 53.9 Å². The van der Waals surface area contributed by atoms with Gasteiger partial charge in [-0.25, -0.2) is 0 Å². The molecule has 134 valence electrons. The molecule has 0 radical (unpaired) electrons. The van der Waals surface area contributed by atoms with Crippen LogP contribution in [0.25, 0.3) is 11.5 Å². The van der Waals surface area contributed by atoms with Crippen LogP contribution in [0.4, 0.5) is 14.5 Å². The lowest BCUT2D eigenvalue weighted by molar-refractivity contribution is -0.286. The van der Waals surface area contributed by atoms with Crippen LogP contribution in [0.5, 0.6) is 11.5 Å². The number of anilines is 1. The van der Waals surface area contributed by atoms with Crippen LogP contribution >= 0.6 is 0 Å². The average molecular weight is 359 g/mol. The summed E-state index contributed by atoms with van der Waals surface area (Å²) in [7, 11) is 0. The van der Waals surface area contributed by atoms with Gasteiger partial charge in [0.25, 0.3) is 0 Å². The molecule has 0 aliphatic carbocycles. The van der Waals surface area contributed by atoms with Gasteiger partial charge in [0.15, 0.2) is 11.5 Å². The first-order valence-electron chi connectivity index (χ1n) is 7.96. The van der Waals surface area contributed by atoms with Crippen molar-refractivity contribution < 1.29 is 22.7 Å².